The average molecular weight is 891 g/mol. The molecule has 6 nitrogen and oxygen atoms in total. The largest absolute Gasteiger partial charge is 0.462 e. The molecular weight excluding hydrogens is 779 g/mol. The number of aliphatic hydroxyl groups excluding tert-OH is 2. The van der Waals surface area contributed by atoms with Crippen molar-refractivity contribution in [3.8, 4) is 0 Å². The first-order valence-electron chi connectivity index (χ1n) is 28.4. The van der Waals surface area contributed by atoms with Crippen molar-refractivity contribution in [3.63, 3.8) is 0 Å². The Hall–Kier alpha value is -1.40. The molecule has 374 valence electrons. The molecule has 0 aromatic heterocycles. The Balaban J connectivity index is 4.47. The summed E-state index contributed by atoms with van der Waals surface area (Å²) in [4.78, 5) is 26.2. The van der Waals surface area contributed by atoms with Crippen LogP contribution in [0, 0.1) is 0 Å². The molecule has 0 fully saturated rings. The van der Waals surface area contributed by atoms with Crippen molar-refractivity contribution in [2.45, 2.75) is 334 Å². The topological polar surface area (TPSA) is 95.9 Å². The highest BCUT2D eigenvalue weighted by molar-refractivity contribution is 5.77. The highest BCUT2D eigenvalue weighted by Gasteiger charge is 2.24. The third kappa shape index (κ3) is 46.9. The maximum atomic E-state index is 13.2. The molecule has 0 aliphatic heterocycles. The lowest BCUT2D eigenvalue weighted by Gasteiger charge is -2.24. The van der Waals surface area contributed by atoms with Crippen LogP contribution >= 0.6 is 0 Å². The number of aliphatic hydroxyl groups is 2. The molecule has 0 saturated carbocycles. The highest BCUT2D eigenvalue weighted by Crippen LogP contribution is 2.19. The Bertz CT molecular complexity index is 955. The summed E-state index contributed by atoms with van der Waals surface area (Å²) < 4.78 is 5.96. The molecule has 0 aromatic rings. The van der Waals surface area contributed by atoms with Crippen molar-refractivity contribution in [1.29, 1.82) is 0 Å². The van der Waals surface area contributed by atoms with Gasteiger partial charge in [0.15, 0.2) is 0 Å². The maximum Gasteiger partial charge on any atom is 0.306 e. The van der Waals surface area contributed by atoms with E-state index in [2.05, 4.69) is 38.2 Å². The van der Waals surface area contributed by atoms with Gasteiger partial charge in [-0.15, -0.1) is 0 Å². The van der Waals surface area contributed by atoms with Crippen molar-refractivity contribution in [2.75, 3.05) is 6.61 Å². The summed E-state index contributed by atoms with van der Waals surface area (Å²) in [6.45, 7) is 6.51. The van der Waals surface area contributed by atoms with E-state index in [1.54, 1.807) is 0 Å². The Morgan fingerprint density at radius 2 is 0.762 bits per heavy atom. The van der Waals surface area contributed by atoms with Gasteiger partial charge in [0.1, 0.15) is 6.10 Å². The molecule has 0 heterocycles. The van der Waals surface area contributed by atoms with E-state index in [0.717, 1.165) is 44.9 Å². The first kappa shape index (κ1) is 61.6. The lowest BCUT2D eigenvalue weighted by atomic mass is 10.0. The van der Waals surface area contributed by atoms with Gasteiger partial charge >= 0.3 is 5.97 Å². The molecule has 3 unspecified atom stereocenters. The molecule has 3 N–H and O–H groups in total. The second-order valence-corrected chi connectivity index (χ2v) is 19.7. The number of amides is 1. The fraction of sp³-hybridized carbons (Fsp3) is 0.930. The summed E-state index contributed by atoms with van der Waals surface area (Å²) in [7, 11) is 0. The molecular formula is C57H111NO5. The molecule has 0 rings (SSSR count). The highest BCUT2D eigenvalue weighted by atomic mass is 16.5. The molecule has 0 aliphatic rings. The number of nitrogens with one attached hydrogen (secondary N) is 1. The molecule has 0 spiro atoms. The van der Waals surface area contributed by atoms with Crippen molar-refractivity contribution in [2.24, 2.45) is 0 Å². The number of hydrogen-bond donors (Lipinski definition) is 3. The molecule has 1 amide bonds. The van der Waals surface area contributed by atoms with Gasteiger partial charge in [0.25, 0.3) is 0 Å². The van der Waals surface area contributed by atoms with Gasteiger partial charge in [-0.25, -0.2) is 0 Å². The SMILES string of the molecule is CCCCCCCC/C=C/CCCCCCCCCCCC(=O)OC(CCCCCCCCCCCCCCC)CC(=O)NC(CO)C(O)CCCCCCCCCCCCCC. The van der Waals surface area contributed by atoms with Crippen LogP contribution in [0.4, 0.5) is 0 Å². The van der Waals surface area contributed by atoms with Gasteiger partial charge in [0.2, 0.25) is 5.91 Å². The van der Waals surface area contributed by atoms with Gasteiger partial charge in [-0.05, 0) is 51.4 Å². The van der Waals surface area contributed by atoms with Gasteiger partial charge in [0.05, 0.1) is 25.2 Å². The van der Waals surface area contributed by atoms with Crippen LogP contribution in [0.3, 0.4) is 0 Å². The van der Waals surface area contributed by atoms with Crippen LogP contribution in [-0.2, 0) is 14.3 Å². The van der Waals surface area contributed by atoms with Gasteiger partial charge in [-0.3, -0.25) is 9.59 Å². The van der Waals surface area contributed by atoms with Crippen LogP contribution in [0.2, 0.25) is 0 Å². The van der Waals surface area contributed by atoms with Crippen LogP contribution in [0.1, 0.15) is 316 Å². The monoisotopic (exact) mass is 890 g/mol. The quantitative estimate of drug-likeness (QED) is 0.0321. The van der Waals surface area contributed by atoms with Gasteiger partial charge < -0.3 is 20.3 Å². The Labute approximate surface area is 393 Å². The van der Waals surface area contributed by atoms with Crippen molar-refractivity contribution < 1.29 is 24.5 Å². The number of esters is 1. The fourth-order valence-corrected chi connectivity index (χ4v) is 9.02. The molecule has 0 aromatic carbocycles. The predicted octanol–water partition coefficient (Wildman–Crippen LogP) is 17.3. The van der Waals surface area contributed by atoms with E-state index in [-0.39, 0.29) is 24.9 Å². The summed E-state index contributed by atoms with van der Waals surface area (Å²) in [6.07, 6.45) is 58.5. The third-order valence-corrected chi connectivity index (χ3v) is 13.3. The molecule has 6 heteroatoms. The number of hydrogen-bond acceptors (Lipinski definition) is 5. The fourth-order valence-electron chi connectivity index (χ4n) is 9.02. The third-order valence-electron chi connectivity index (χ3n) is 13.3. The Morgan fingerprint density at radius 3 is 1.13 bits per heavy atom. The van der Waals surface area contributed by atoms with Crippen LogP contribution in [0.15, 0.2) is 12.2 Å². The zero-order valence-corrected chi connectivity index (χ0v) is 42.7. The zero-order chi connectivity index (χ0) is 45.9. The van der Waals surface area contributed by atoms with E-state index in [1.165, 1.54) is 225 Å². The van der Waals surface area contributed by atoms with E-state index >= 15 is 0 Å². The van der Waals surface area contributed by atoms with E-state index in [9.17, 15) is 19.8 Å². The predicted molar refractivity (Wildman–Crippen MR) is 273 cm³/mol. The molecule has 0 aliphatic carbocycles. The minimum atomic E-state index is -0.782. The summed E-state index contributed by atoms with van der Waals surface area (Å²) in [5, 5.41) is 23.8. The molecule has 3 atom stereocenters. The van der Waals surface area contributed by atoms with Crippen LogP contribution in [0.25, 0.3) is 0 Å². The van der Waals surface area contributed by atoms with E-state index in [0.29, 0.717) is 19.3 Å². The minimum absolute atomic E-state index is 0.0846. The lowest BCUT2D eigenvalue weighted by Crippen LogP contribution is -2.46. The standard InChI is InChI=1S/C57H111NO5/c1-4-7-10-13-16-19-22-25-26-27-28-29-30-32-35-38-41-44-47-50-57(62)63-53(48-45-42-39-36-33-31-23-20-17-14-11-8-5-2)51-56(61)58-54(52-59)55(60)49-46-43-40-37-34-24-21-18-15-12-9-6-3/h25-26,53-55,59-60H,4-24,27-52H2,1-3H3,(H,58,61)/b26-25+. The number of rotatable bonds is 52. The van der Waals surface area contributed by atoms with Gasteiger partial charge in [-0.1, -0.05) is 264 Å². The molecule has 0 bridgehead atoms. The average Bonchev–Trinajstić information content (AvgIpc) is 3.28. The van der Waals surface area contributed by atoms with Crippen molar-refractivity contribution >= 4 is 11.9 Å². The van der Waals surface area contributed by atoms with E-state index < -0.39 is 18.2 Å². The zero-order valence-electron chi connectivity index (χ0n) is 42.7. The number of ether oxygens (including phenoxy) is 1. The van der Waals surface area contributed by atoms with Crippen LogP contribution in [-0.4, -0.2) is 46.9 Å². The summed E-state index contributed by atoms with van der Waals surface area (Å²) in [5.74, 6) is -0.454. The number of carbonyl (C=O) groups is 2. The smallest absolute Gasteiger partial charge is 0.306 e. The number of unbranched alkanes of at least 4 members (excludes halogenated alkanes) is 38. The van der Waals surface area contributed by atoms with E-state index in [4.69, 9.17) is 4.74 Å². The second-order valence-electron chi connectivity index (χ2n) is 19.7. The lowest BCUT2D eigenvalue weighted by molar-refractivity contribution is -0.151. The first-order valence-corrected chi connectivity index (χ1v) is 28.4. The van der Waals surface area contributed by atoms with E-state index in [1.807, 2.05) is 0 Å². The Morgan fingerprint density at radius 1 is 0.444 bits per heavy atom. The van der Waals surface area contributed by atoms with Crippen LogP contribution < -0.4 is 5.32 Å². The second kappa shape index (κ2) is 51.6. The Kier molecular flexibility index (Phi) is 50.4. The van der Waals surface area contributed by atoms with Crippen LogP contribution in [0.5, 0.6) is 0 Å². The summed E-state index contributed by atoms with van der Waals surface area (Å²) in [5.41, 5.74) is 0. The summed E-state index contributed by atoms with van der Waals surface area (Å²) in [6, 6.07) is -0.695. The number of allylic oxidation sites excluding steroid dienone is 2. The van der Waals surface area contributed by atoms with Crippen molar-refractivity contribution in [3.05, 3.63) is 12.2 Å². The first-order chi connectivity index (χ1) is 31.0. The maximum absolute atomic E-state index is 13.2. The molecule has 63 heavy (non-hydrogen) atoms. The van der Waals surface area contributed by atoms with Gasteiger partial charge in [0, 0.05) is 6.42 Å². The van der Waals surface area contributed by atoms with Crippen molar-refractivity contribution in [1.82, 2.24) is 5.32 Å². The summed E-state index contributed by atoms with van der Waals surface area (Å²) >= 11 is 0. The normalized spacial score (nSPS) is 13.2. The minimum Gasteiger partial charge on any atom is -0.462 e. The number of carbonyl (C=O) groups excluding carboxylic acids is 2. The van der Waals surface area contributed by atoms with Gasteiger partial charge in [-0.2, -0.15) is 0 Å². The molecule has 0 radical (unpaired) electrons. The molecule has 0 saturated heterocycles.